The Labute approximate surface area is 183 Å². The first-order valence-corrected chi connectivity index (χ1v) is 11.8. The molecule has 0 aromatic rings. The summed E-state index contributed by atoms with van der Waals surface area (Å²) < 4.78 is 16.4. The molecule has 172 valence electrons. The lowest BCUT2D eigenvalue weighted by molar-refractivity contribution is -0.166. The summed E-state index contributed by atoms with van der Waals surface area (Å²) in [6, 6.07) is 0. The van der Waals surface area contributed by atoms with Gasteiger partial charge in [0.2, 0.25) is 0 Å². The molecule has 7 nitrogen and oxygen atoms in total. The largest absolute Gasteiger partial charge is 0.481 e. The Hall–Kier alpha value is -1.47. The minimum Gasteiger partial charge on any atom is -0.481 e. The molecule has 12 unspecified atom stereocenters. The molecule has 0 radical (unpaired) electrons. The number of aliphatic carboxylic acids is 1. The van der Waals surface area contributed by atoms with Crippen molar-refractivity contribution in [3.63, 3.8) is 0 Å². The summed E-state index contributed by atoms with van der Waals surface area (Å²) in [6.45, 7) is 4.05. The summed E-state index contributed by atoms with van der Waals surface area (Å²) in [7, 11) is 3.36. The molecule has 5 aliphatic rings. The quantitative estimate of drug-likeness (QED) is 0.390. The Bertz CT molecular complexity index is 774. The van der Waals surface area contributed by atoms with Crippen LogP contribution in [0.2, 0.25) is 0 Å². The number of esters is 2. The molecule has 0 aromatic carbocycles. The van der Waals surface area contributed by atoms with Gasteiger partial charge in [-0.15, -0.1) is 0 Å². The van der Waals surface area contributed by atoms with Gasteiger partial charge in [0.1, 0.15) is 0 Å². The second-order valence-corrected chi connectivity index (χ2v) is 10.9. The zero-order valence-corrected chi connectivity index (χ0v) is 18.7. The second-order valence-electron chi connectivity index (χ2n) is 10.9. The lowest BCUT2D eigenvalue weighted by Gasteiger charge is -2.47. The average molecular weight is 435 g/mol. The summed E-state index contributed by atoms with van der Waals surface area (Å²) in [5.41, 5.74) is 0. The summed E-state index contributed by atoms with van der Waals surface area (Å²) in [4.78, 5) is 36.7. The Morgan fingerprint density at radius 3 is 2.13 bits per heavy atom. The molecule has 1 heterocycles. The molecule has 0 aromatic heterocycles. The van der Waals surface area contributed by atoms with E-state index in [0.717, 1.165) is 25.7 Å². The standard InChI is InChI=1S/C24H34O7/c1-9-13-5-11(7-15(13)21(25)26)17(9)20-14-6-12(8-16(14)24(29-3)30-4)19(20)18-10(2)22(27)31-23(18)28/h9-20,24H,5-8H2,1-4H3,(H,25,26). The van der Waals surface area contributed by atoms with Gasteiger partial charge in [0.25, 0.3) is 0 Å². The Morgan fingerprint density at radius 1 is 0.935 bits per heavy atom. The van der Waals surface area contributed by atoms with Gasteiger partial charge in [0.15, 0.2) is 6.29 Å². The highest BCUT2D eigenvalue weighted by Crippen LogP contribution is 2.68. The minimum absolute atomic E-state index is 0.125. The lowest BCUT2D eigenvalue weighted by atomic mass is 9.57. The summed E-state index contributed by atoms with van der Waals surface area (Å²) >= 11 is 0. The van der Waals surface area contributed by atoms with Gasteiger partial charge in [-0.1, -0.05) is 13.8 Å². The van der Waals surface area contributed by atoms with Gasteiger partial charge in [-0.3, -0.25) is 14.4 Å². The smallest absolute Gasteiger partial charge is 0.317 e. The van der Waals surface area contributed by atoms with Gasteiger partial charge >= 0.3 is 17.9 Å². The molecule has 12 atom stereocenters. The maximum Gasteiger partial charge on any atom is 0.317 e. The van der Waals surface area contributed by atoms with E-state index in [1.54, 1.807) is 14.2 Å². The molecule has 31 heavy (non-hydrogen) atoms. The number of ether oxygens (including phenoxy) is 3. The number of fused-ring (bicyclic) bond motifs is 4. The van der Waals surface area contributed by atoms with Crippen LogP contribution in [-0.4, -0.2) is 43.5 Å². The van der Waals surface area contributed by atoms with Crippen LogP contribution in [0.4, 0.5) is 0 Å². The van der Waals surface area contributed by atoms with Crippen LogP contribution in [-0.2, 0) is 28.6 Å². The van der Waals surface area contributed by atoms with Crippen LogP contribution in [0.25, 0.3) is 0 Å². The lowest BCUT2D eigenvalue weighted by Crippen LogP contribution is -2.47. The van der Waals surface area contributed by atoms with E-state index in [9.17, 15) is 19.5 Å². The topological polar surface area (TPSA) is 99.1 Å². The molecule has 7 heteroatoms. The number of cyclic esters (lactones) is 2. The number of hydrogen-bond donors (Lipinski definition) is 1. The van der Waals surface area contributed by atoms with Crippen LogP contribution in [0.1, 0.15) is 39.5 Å². The van der Waals surface area contributed by atoms with E-state index in [1.807, 2.05) is 6.92 Å². The first-order valence-electron chi connectivity index (χ1n) is 11.8. The van der Waals surface area contributed by atoms with E-state index in [2.05, 4.69) is 6.92 Å². The molecule has 0 amide bonds. The number of carboxylic acid groups (broad SMARTS) is 1. The maximum atomic E-state index is 12.8. The first kappa shape index (κ1) is 21.4. The van der Waals surface area contributed by atoms with Crippen molar-refractivity contribution in [1.82, 2.24) is 0 Å². The Balaban J connectivity index is 1.49. The third-order valence-corrected chi connectivity index (χ3v) is 10.0. The molecule has 5 rings (SSSR count). The molecule has 1 saturated heterocycles. The van der Waals surface area contributed by atoms with Crippen LogP contribution in [0.15, 0.2) is 0 Å². The molecular weight excluding hydrogens is 400 g/mol. The Kier molecular flexibility index (Phi) is 5.20. The summed E-state index contributed by atoms with van der Waals surface area (Å²) in [5, 5.41) is 9.68. The Morgan fingerprint density at radius 2 is 1.58 bits per heavy atom. The molecule has 1 aliphatic heterocycles. The predicted molar refractivity (Wildman–Crippen MR) is 108 cm³/mol. The number of carbonyl (C=O) groups is 3. The first-order chi connectivity index (χ1) is 14.8. The SMILES string of the molecule is COC(OC)C1CC2CC1C(C1C3CC(C(=O)O)C(C3)C1C)C2C1C(=O)OC(=O)C1C. The van der Waals surface area contributed by atoms with E-state index < -0.39 is 17.9 Å². The van der Waals surface area contributed by atoms with Crippen molar-refractivity contribution in [2.75, 3.05) is 14.2 Å². The van der Waals surface area contributed by atoms with Crippen LogP contribution < -0.4 is 0 Å². The van der Waals surface area contributed by atoms with E-state index in [0.29, 0.717) is 29.6 Å². The van der Waals surface area contributed by atoms with E-state index in [4.69, 9.17) is 14.2 Å². The third kappa shape index (κ3) is 2.95. The van der Waals surface area contributed by atoms with Crippen molar-refractivity contribution < 1.29 is 33.7 Å². The minimum atomic E-state index is -0.669. The monoisotopic (exact) mass is 434 g/mol. The molecule has 0 spiro atoms. The van der Waals surface area contributed by atoms with Gasteiger partial charge < -0.3 is 19.3 Å². The molecule has 4 saturated carbocycles. The van der Waals surface area contributed by atoms with E-state index >= 15 is 0 Å². The van der Waals surface area contributed by atoms with Gasteiger partial charge in [-0.25, -0.2) is 0 Å². The molecular formula is C24H34O7. The van der Waals surface area contributed by atoms with Crippen molar-refractivity contribution >= 4 is 17.9 Å². The average Bonchev–Trinajstić information content (AvgIpc) is 3.51. The molecule has 4 bridgehead atoms. The highest BCUT2D eigenvalue weighted by Gasteiger charge is 2.66. The predicted octanol–water partition coefficient (Wildman–Crippen LogP) is 2.82. The highest BCUT2D eigenvalue weighted by molar-refractivity contribution is 5.96. The van der Waals surface area contributed by atoms with Crippen molar-refractivity contribution in [3.8, 4) is 0 Å². The molecule has 5 fully saturated rings. The van der Waals surface area contributed by atoms with Crippen LogP contribution in [0, 0.1) is 71.0 Å². The number of carbonyl (C=O) groups excluding carboxylic acids is 2. The van der Waals surface area contributed by atoms with Gasteiger partial charge in [-0.2, -0.15) is 0 Å². The fourth-order valence-electron chi connectivity index (χ4n) is 9.11. The molecule has 1 N–H and O–H groups in total. The van der Waals surface area contributed by atoms with Crippen molar-refractivity contribution in [1.29, 1.82) is 0 Å². The fourth-order valence-corrected chi connectivity index (χ4v) is 9.11. The highest BCUT2D eigenvalue weighted by atomic mass is 16.7. The van der Waals surface area contributed by atoms with Crippen LogP contribution >= 0.6 is 0 Å². The van der Waals surface area contributed by atoms with Crippen molar-refractivity contribution in [2.45, 2.75) is 45.8 Å². The van der Waals surface area contributed by atoms with E-state index in [1.165, 1.54) is 0 Å². The third-order valence-electron chi connectivity index (χ3n) is 10.0. The van der Waals surface area contributed by atoms with Gasteiger partial charge in [0.05, 0.1) is 17.8 Å². The number of rotatable bonds is 6. The number of methoxy groups -OCH3 is 2. The van der Waals surface area contributed by atoms with E-state index in [-0.39, 0.29) is 47.8 Å². The number of carboxylic acids is 1. The second kappa shape index (κ2) is 7.55. The van der Waals surface area contributed by atoms with Crippen LogP contribution in [0.5, 0.6) is 0 Å². The molecule has 4 aliphatic carbocycles. The maximum absolute atomic E-state index is 12.8. The van der Waals surface area contributed by atoms with Crippen LogP contribution in [0.3, 0.4) is 0 Å². The van der Waals surface area contributed by atoms with Gasteiger partial charge in [-0.05, 0) is 73.0 Å². The fraction of sp³-hybridized carbons (Fsp3) is 0.875. The zero-order valence-electron chi connectivity index (χ0n) is 18.7. The summed E-state index contributed by atoms with van der Waals surface area (Å²) in [5.74, 6) is 0.216. The van der Waals surface area contributed by atoms with Crippen molar-refractivity contribution in [2.24, 2.45) is 71.0 Å². The van der Waals surface area contributed by atoms with Gasteiger partial charge in [0, 0.05) is 20.1 Å². The normalized spacial score (nSPS) is 50.6. The zero-order chi connectivity index (χ0) is 22.2. The summed E-state index contributed by atoms with van der Waals surface area (Å²) in [6.07, 6.45) is 3.40. The van der Waals surface area contributed by atoms with Crippen molar-refractivity contribution in [3.05, 3.63) is 0 Å². The number of hydrogen-bond acceptors (Lipinski definition) is 6.